The van der Waals surface area contributed by atoms with Gasteiger partial charge < -0.3 is 19.5 Å². The molecule has 166 valence electrons. The number of hydrogen-bond acceptors (Lipinski definition) is 5. The fourth-order valence-corrected chi connectivity index (χ4v) is 4.15. The molecule has 0 saturated carbocycles. The highest BCUT2D eigenvalue weighted by atomic mass is 19.1. The standard InChI is InChI=1S/C23H26F2N2O4/c1-29-20-4-2-16(3-5-20)13-27-6-7-31-23(14-27)11-21(30-15-23)22(28)26-12-17-8-18(24)10-19(25)9-17/h2-5,8-10,21H,6-7,11-15H2,1H3,(H,26,28). The molecule has 2 aliphatic heterocycles. The molecule has 4 rings (SSSR count). The van der Waals surface area contributed by atoms with Gasteiger partial charge in [-0.3, -0.25) is 9.69 Å². The van der Waals surface area contributed by atoms with Crippen LogP contribution >= 0.6 is 0 Å². The zero-order chi connectivity index (χ0) is 21.8. The highest BCUT2D eigenvalue weighted by Crippen LogP contribution is 2.32. The molecule has 2 aromatic rings. The fraction of sp³-hybridized carbons (Fsp3) is 0.435. The number of methoxy groups -OCH3 is 1. The Balaban J connectivity index is 1.31. The van der Waals surface area contributed by atoms with E-state index >= 15 is 0 Å². The molecule has 2 aromatic carbocycles. The Hall–Kier alpha value is -2.55. The van der Waals surface area contributed by atoms with Crippen molar-refractivity contribution in [3.8, 4) is 5.75 Å². The Labute approximate surface area is 180 Å². The average molecular weight is 432 g/mol. The van der Waals surface area contributed by atoms with Crippen molar-refractivity contribution in [1.29, 1.82) is 0 Å². The maximum absolute atomic E-state index is 13.3. The zero-order valence-corrected chi connectivity index (χ0v) is 17.4. The molecule has 2 atom stereocenters. The maximum Gasteiger partial charge on any atom is 0.249 e. The van der Waals surface area contributed by atoms with Crippen LogP contribution in [0.1, 0.15) is 17.5 Å². The summed E-state index contributed by atoms with van der Waals surface area (Å²) in [5.41, 5.74) is 1.00. The van der Waals surface area contributed by atoms with Crippen LogP contribution in [0.4, 0.5) is 8.78 Å². The predicted octanol–water partition coefficient (Wildman–Crippen LogP) is 2.65. The number of morpholine rings is 1. The van der Waals surface area contributed by atoms with Crippen LogP contribution in [0.3, 0.4) is 0 Å². The second kappa shape index (κ2) is 9.30. The SMILES string of the molecule is COc1ccc(CN2CCOC3(COC(C(=O)NCc4cc(F)cc(F)c4)C3)C2)cc1. The van der Waals surface area contributed by atoms with E-state index in [1.807, 2.05) is 24.3 Å². The summed E-state index contributed by atoms with van der Waals surface area (Å²) in [6, 6.07) is 11.1. The summed E-state index contributed by atoms with van der Waals surface area (Å²) >= 11 is 0. The molecule has 0 aromatic heterocycles. The van der Waals surface area contributed by atoms with E-state index in [9.17, 15) is 13.6 Å². The minimum Gasteiger partial charge on any atom is -0.497 e. The molecule has 2 heterocycles. The van der Waals surface area contributed by atoms with Crippen molar-refractivity contribution in [2.45, 2.75) is 31.2 Å². The molecule has 1 N–H and O–H groups in total. The molecular weight excluding hydrogens is 406 g/mol. The van der Waals surface area contributed by atoms with E-state index in [4.69, 9.17) is 14.2 Å². The maximum atomic E-state index is 13.3. The third-order valence-corrected chi connectivity index (χ3v) is 5.68. The lowest BCUT2D eigenvalue weighted by Crippen LogP contribution is -2.52. The van der Waals surface area contributed by atoms with Crippen molar-refractivity contribution in [2.75, 3.05) is 33.4 Å². The smallest absolute Gasteiger partial charge is 0.249 e. The molecule has 8 heteroatoms. The normalized spacial score (nSPS) is 23.8. The van der Waals surface area contributed by atoms with Crippen molar-refractivity contribution >= 4 is 5.91 Å². The Morgan fingerprint density at radius 3 is 2.65 bits per heavy atom. The van der Waals surface area contributed by atoms with Gasteiger partial charge in [-0.15, -0.1) is 0 Å². The minimum atomic E-state index is -0.673. The van der Waals surface area contributed by atoms with Crippen molar-refractivity contribution in [1.82, 2.24) is 10.2 Å². The second-order valence-corrected chi connectivity index (χ2v) is 8.09. The molecule has 31 heavy (non-hydrogen) atoms. The number of amides is 1. The lowest BCUT2D eigenvalue weighted by Gasteiger charge is -2.39. The van der Waals surface area contributed by atoms with Crippen LogP contribution in [-0.4, -0.2) is 55.9 Å². The van der Waals surface area contributed by atoms with Crippen LogP contribution in [0.15, 0.2) is 42.5 Å². The zero-order valence-electron chi connectivity index (χ0n) is 17.4. The van der Waals surface area contributed by atoms with Crippen LogP contribution in [0.25, 0.3) is 0 Å². The number of nitrogens with zero attached hydrogens (tertiary/aromatic N) is 1. The number of halogens is 2. The molecule has 0 bridgehead atoms. The summed E-state index contributed by atoms with van der Waals surface area (Å²) in [6.45, 7) is 3.17. The van der Waals surface area contributed by atoms with Crippen LogP contribution in [0.5, 0.6) is 5.75 Å². The summed E-state index contributed by atoms with van der Waals surface area (Å²) in [5, 5.41) is 2.70. The van der Waals surface area contributed by atoms with Gasteiger partial charge in [-0.25, -0.2) is 8.78 Å². The van der Waals surface area contributed by atoms with Crippen molar-refractivity contribution in [3.63, 3.8) is 0 Å². The first-order valence-corrected chi connectivity index (χ1v) is 10.3. The van der Waals surface area contributed by atoms with Gasteiger partial charge in [0.1, 0.15) is 29.1 Å². The monoisotopic (exact) mass is 432 g/mol. The second-order valence-electron chi connectivity index (χ2n) is 8.09. The van der Waals surface area contributed by atoms with E-state index in [2.05, 4.69) is 10.2 Å². The van der Waals surface area contributed by atoms with E-state index in [-0.39, 0.29) is 12.5 Å². The highest BCUT2D eigenvalue weighted by Gasteiger charge is 2.46. The third kappa shape index (κ3) is 5.39. The lowest BCUT2D eigenvalue weighted by molar-refractivity contribution is -0.130. The van der Waals surface area contributed by atoms with E-state index < -0.39 is 23.3 Å². The molecular formula is C23H26F2N2O4. The first-order chi connectivity index (χ1) is 14.9. The molecule has 0 aliphatic carbocycles. The molecule has 0 radical (unpaired) electrons. The summed E-state index contributed by atoms with van der Waals surface area (Å²) < 4.78 is 43.6. The summed E-state index contributed by atoms with van der Waals surface area (Å²) in [4.78, 5) is 14.8. The van der Waals surface area contributed by atoms with Gasteiger partial charge in [0.05, 0.1) is 20.3 Å². The fourth-order valence-electron chi connectivity index (χ4n) is 4.15. The van der Waals surface area contributed by atoms with Gasteiger partial charge >= 0.3 is 0 Å². The molecule has 1 spiro atoms. The Morgan fingerprint density at radius 2 is 1.94 bits per heavy atom. The number of benzene rings is 2. The molecule has 6 nitrogen and oxygen atoms in total. The molecule has 1 amide bonds. The first kappa shape index (κ1) is 21.7. The van der Waals surface area contributed by atoms with Crippen molar-refractivity contribution < 1.29 is 27.8 Å². The quantitative estimate of drug-likeness (QED) is 0.761. The van der Waals surface area contributed by atoms with Crippen LogP contribution < -0.4 is 10.1 Å². The molecule has 2 fully saturated rings. The highest BCUT2D eigenvalue weighted by molar-refractivity contribution is 5.81. The third-order valence-electron chi connectivity index (χ3n) is 5.68. The molecule has 2 saturated heterocycles. The summed E-state index contributed by atoms with van der Waals surface area (Å²) in [5.74, 6) is -0.834. The van der Waals surface area contributed by atoms with E-state index in [1.54, 1.807) is 7.11 Å². The van der Waals surface area contributed by atoms with Gasteiger partial charge in [-0.05, 0) is 35.4 Å². The summed E-state index contributed by atoms with van der Waals surface area (Å²) in [6.07, 6.45) is -0.213. The van der Waals surface area contributed by atoms with Crippen molar-refractivity contribution in [3.05, 3.63) is 65.2 Å². The Morgan fingerprint density at radius 1 is 1.19 bits per heavy atom. The lowest BCUT2D eigenvalue weighted by atomic mass is 9.97. The topological polar surface area (TPSA) is 60.0 Å². The Kier molecular flexibility index (Phi) is 6.50. The Bertz CT molecular complexity index is 904. The van der Waals surface area contributed by atoms with Gasteiger partial charge in [0.15, 0.2) is 0 Å². The first-order valence-electron chi connectivity index (χ1n) is 10.3. The number of carbonyl (C=O) groups is 1. The van der Waals surface area contributed by atoms with Gasteiger partial charge in [0, 0.05) is 38.7 Å². The molecule has 2 aliphatic rings. The van der Waals surface area contributed by atoms with Gasteiger partial charge in [-0.1, -0.05) is 12.1 Å². The number of rotatable bonds is 6. The van der Waals surface area contributed by atoms with E-state index in [0.717, 1.165) is 24.9 Å². The van der Waals surface area contributed by atoms with E-state index in [0.29, 0.717) is 31.7 Å². The largest absolute Gasteiger partial charge is 0.497 e. The number of ether oxygens (including phenoxy) is 3. The summed E-state index contributed by atoms with van der Waals surface area (Å²) in [7, 11) is 1.64. The van der Waals surface area contributed by atoms with Crippen molar-refractivity contribution in [2.24, 2.45) is 0 Å². The van der Waals surface area contributed by atoms with Gasteiger partial charge in [0.25, 0.3) is 0 Å². The van der Waals surface area contributed by atoms with E-state index in [1.165, 1.54) is 17.7 Å². The number of hydrogen-bond donors (Lipinski definition) is 1. The van der Waals surface area contributed by atoms with Crippen LogP contribution in [0, 0.1) is 11.6 Å². The van der Waals surface area contributed by atoms with Gasteiger partial charge in [0.2, 0.25) is 5.91 Å². The number of carbonyl (C=O) groups excluding carboxylic acids is 1. The van der Waals surface area contributed by atoms with Crippen LogP contribution in [0.2, 0.25) is 0 Å². The van der Waals surface area contributed by atoms with Gasteiger partial charge in [-0.2, -0.15) is 0 Å². The molecule has 2 unspecified atom stereocenters. The minimum absolute atomic E-state index is 0.0326. The number of nitrogens with one attached hydrogen (secondary N) is 1. The van der Waals surface area contributed by atoms with Crippen LogP contribution in [-0.2, 0) is 27.4 Å². The average Bonchev–Trinajstić information content (AvgIpc) is 3.15. The predicted molar refractivity (Wildman–Crippen MR) is 110 cm³/mol.